The third kappa shape index (κ3) is 14.3. The van der Waals surface area contributed by atoms with Gasteiger partial charge in [-0.05, 0) is 17.9 Å². The molecule has 29 heavy (non-hydrogen) atoms. The number of ketones is 1. The lowest BCUT2D eigenvalue weighted by Gasteiger charge is -2.19. The fourth-order valence-corrected chi connectivity index (χ4v) is 2.22. The van der Waals surface area contributed by atoms with Crippen LogP contribution in [0.5, 0.6) is 0 Å². The SMILES string of the molecule is CC(C)C[C@H](NC(=O)OCc1ccccc1)C(=O)NCC(=O)O.O=C(CCl)CCl. The largest absolute Gasteiger partial charge is 0.480 e. The molecule has 0 radical (unpaired) electrons. The number of ether oxygens (including phenoxy) is 1. The molecule has 0 aliphatic heterocycles. The molecule has 0 heterocycles. The number of hydrogen-bond donors (Lipinski definition) is 3. The summed E-state index contributed by atoms with van der Waals surface area (Å²) in [6.07, 6.45) is -0.337. The molecule has 3 N–H and O–H groups in total. The molecule has 0 fully saturated rings. The van der Waals surface area contributed by atoms with Gasteiger partial charge in [-0.2, -0.15) is 0 Å². The van der Waals surface area contributed by atoms with E-state index in [0.717, 1.165) is 5.56 Å². The average molecular weight is 449 g/mol. The van der Waals surface area contributed by atoms with E-state index in [0.29, 0.717) is 6.42 Å². The van der Waals surface area contributed by atoms with E-state index in [4.69, 9.17) is 33.0 Å². The molecule has 162 valence electrons. The van der Waals surface area contributed by atoms with E-state index < -0.39 is 30.6 Å². The molecule has 0 aliphatic carbocycles. The Balaban J connectivity index is 0.00000113. The third-order valence-corrected chi connectivity index (χ3v) is 3.84. The maximum atomic E-state index is 11.9. The molecule has 10 heteroatoms. The number of nitrogens with one attached hydrogen (secondary N) is 2. The Morgan fingerprint density at radius 3 is 2.10 bits per heavy atom. The van der Waals surface area contributed by atoms with Crippen LogP contribution in [0.4, 0.5) is 4.79 Å². The number of alkyl halides is 2. The van der Waals surface area contributed by atoms with Gasteiger partial charge in [0.25, 0.3) is 0 Å². The van der Waals surface area contributed by atoms with Gasteiger partial charge in [-0.3, -0.25) is 14.4 Å². The zero-order valence-electron chi connectivity index (χ0n) is 16.3. The fraction of sp³-hybridized carbons (Fsp3) is 0.474. The lowest BCUT2D eigenvalue weighted by Crippen LogP contribution is -2.48. The number of carboxylic acid groups (broad SMARTS) is 1. The summed E-state index contributed by atoms with van der Waals surface area (Å²) in [5, 5.41) is 13.3. The normalized spacial score (nSPS) is 10.9. The van der Waals surface area contributed by atoms with Gasteiger partial charge in [0, 0.05) is 0 Å². The summed E-state index contributed by atoms with van der Waals surface area (Å²) < 4.78 is 5.07. The van der Waals surface area contributed by atoms with Crippen LogP contribution in [-0.4, -0.2) is 53.2 Å². The molecular formula is C19H26Cl2N2O6. The number of Topliss-reactive ketones (excluding diaryl/α,β-unsaturated/α-hetero) is 1. The average Bonchev–Trinajstić information content (AvgIpc) is 2.70. The van der Waals surface area contributed by atoms with Gasteiger partial charge in [0.15, 0.2) is 5.78 Å². The molecule has 0 saturated carbocycles. The van der Waals surface area contributed by atoms with Crippen molar-refractivity contribution in [2.24, 2.45) is 5.92 Å². The highest BCUT2D eigenvalue weighted by atomic mass is 35.5. The van der Waals surface area contributed by atoms with Crippen LogP contribution in [0.2, 0.25) is 0 Å². The van der Waals surface area contributed by atoms with Crippen molar-refractivity contribution in [3.63, 3.8) is 0 Å². The van der Waals surface area contributed by atoms with Gasteiger partial charge >= 0.3 is 12.1 Å². The number of carbonyl (C=O) groups excluding carboxylic acids is 3. The molecule has 8 nitrogen and oxygen atoms in total. The minimum Gasteiger partial charge on any atom is -0.480 e. The van der Waals surface area contributed by atoms with Crippen molar-refractivity contribution >= 4 is 47.0 Å². The second-order valence-corrected chi connectivity index (χ2v) is 6.84. The third-order valence-electron chi connectivity index (χ3n) is 3.24. The van der Waals surface area contributed by atoms with Gasteiger partial charge < -0.3 is 20.5 Å². The first-order chi connectivity index (χ1) is 13.7. The van der Waals surface area contributed by atoms with Crippen LogP contribution >= 0.6 is 23.2 Å². The van der Waals surface area contributed by atoms with Gasteiger partial charge in [-0.25, -0.2) is 4.79 Å². The molecule has 1 aromatic rings. The number of amides is 2. The first-order valence-electron chi connectivity index (χ1n) is 8.79. The Morgan fingerprint density at radius 2 is 1.66 bits per heavy atom. The van der Waals surface area contributed by atoms with E-state index in [-0.39, 0.29) is 30.1 Å². The Bertz CT molecular complexity index is 649. The summed E-state index contributed by atoms with van der Waals surface area (Å²) in [4.78, 5) is 44.2. The van der Waals surface area contributed by atoms with Crippen LogP contribution in [0.25, 0.3) is 0 Å². The van der Waals surface area contributed by atoms with E-state index in [1.165, 1.54) is 0 Å². The van der Waals surface area contributed by atoms with Gasteiger partial charge in [-0.1, -0.05) is 44.2 Å². The molecule has 1 rings (SSSR count). The summed E-state index contributed by atoms with van der Waals surface area (Å²) in [5.74, 6) is -1.61. The molecule has 0 spiro atoms. The van der Waals surface area contributed by atoms with Crippen molar-refractivity contribution < 1.29 is 29.0 Å². The maximum absolute atomic E-state index is 11.9. The Morgan fingerprint density at radius 1 is 1.07 bits per heavy atom. The number of carbonyl (C=O) groups is 4. The van der Waals surface area contributed by atoms with Crippen molar-refractivity contribution in [3.8, 4) is 0 Å². The molecular weight excluding hydrogens is 423 g/mol. The van der Waals surface area contributed by atoms with E-state index in [9.17, 15) is 19.2 Å². The first-order valence-corrected chi connectivity index (χ1v) is 9.86. The highest BCUT2D eigenvalue weighted by Gasteiger charge is 2.22. The summed E-state index contributed by atoms with van der Waals surface area (Å²) >= 11 is 10.0. The van der Waals surface area contributed by atoms with Crippen LogP contribution in [0.1, 0.15) is 25.8 Å². The molecule has 0 bridgehead atoms. The molecule has 0 unspecified atom stereocenters. The fourth-order valence-electron chi connectivity index (χ4n) is 1.93. The summed E-state index contributed by atoms with van der Waals surface area (Å²) in [7, 11) is 0. The molecule has 0 aliphatic rings. The number of rotatable bonds is 10. The number of aliphatic carboxylic acids is 1. The number of benzene rings is 1. The van der Waals surface area contributed by atoms with Gasteiger partial charge in [0.1, 0.15) is 19.2 Å². The molecule has 2 amide bonds. The highest BCUT2D eigenvalue weighted by molar-refractivity contribution is 6.35. The number of hydrogen-bond acceptors (Lipinski definition) is 5. The minimum absolute atomic E-state index is 0.0312. The molecule has 1 atom stereocenters. The van der Waals surface area contributed by atoms with E-state index in [1.54, 1.807) is 0 Å². The lowest BCUT2D eigenvalue weighted by atomic mass is 10.0. The predicted molar refractivity (Wildman–Crippen MR) is 110 cm³/mol. The van der Waals surface area contributed by atoms with E-state index >= 15 is 0 Å². The van der Waals surface area contributed by atoms with E-state index in [2.05, 4.69) is 10.6 Å². The summed E-state index contributed by atoms with van der Waals surface area (Å²) in [5.41, 5.74) is 0.832. The van der Waals surface area contributed by atoms with Crippen LogP contribution in [-0.2, 0) is 25.7 Å². The first kappa shape index (κ1) is 26.7. The van der Waals surface area contributed by atoms with Gasteiger partial charge in [0.2, 0.25) is 5.91 Å². The lowest BCUT2D eigenvalue weighted by molar-refractivity contribution is -0.138. The maximum Gasteiger partial charge on any atom is 0.408 e. The Labute approximate surface area is 179 Å². The quantitative estimate of drug-likeness (QED) is 0.472. The summed E-state index contributed by atoms with van der Waals surface area (Å²) in [6, 6.07) is 8.32. The Kier molecular flexibility index (Phi) is 14.3. The highest BCUT2D eigenvalue weighted by Crippen LogP contribution is 2.06. The van der Waals surface area contributed by atoms with Crippen molar-refractivity contribution in [3.05, 3.63) is 35.9 Å². The number of alkyl carbamates (subject to hydrolysis) is 1. The Hall–Kier alpha value is -2.32. The van der Waals surface area contributed by atoms with E-state index in [1.807, 2.05) is 44.2 Å². The van der Waals surface area contributed by atoms with Gasteiger partial charge in [0.05, 0.1) is 11.8 Å². The van der Waals surface area contributed by atoms with Crippen molar-refractivity contribution in [1.82, 2.24) is 10.6 Å². The zero-order valence-corrected chi connectivity index (χ0v) is 17.8. The van der Waals surface area contributed by atoms with Crippen molar-refractivity contribution in [2.45, 2.75) is 32.9 Å². The molecule has 0 saturated heterocycles. The summed E-state index contributed by atoms with van der Waals surface area (Å²) in [6.45, 7) is 3.40. The standard InChI is InChI=1S/C16H22N2O5.C3H4Cl2O/c1-11(2)8-13(15(21)17-9-14(19)20)18-16(22)23-10-12-6-4-3-5-7-12;4-1-3(6)2-5/h3-7,11,13H,8-10H2,1-2H3,(H,17,21)(H,18,22)(H,19,20);1-2H2/t13-;/m0./s1. The smallest absolute Gasteiger partial charge is 0.408 e. The second kappa shape index (κ2) is 15.6. The zero-order chi connectivity index (χ0) is 22.2. The van der Waals surface area contributed by atoms with Crippen molar-refractivity contribution in [1.29, 1.82) is 0 Å². The van der Waals surface area contributed by atoms with Crippen LogP contribution in [0.15, 0.2) is 30.3 Å². The van der Waals surface area contributed by atoms with Crippen LogP contribution in [0.3, 0.4) is 0 Å². The number of halogens is 2. The predicted octanol–water partition coefficient (Wildman–Crippen LogP) is 2.56. The molecule has 0 aromatic heterocycles. The minimum atomic E-state index is -1.15. The number of carboxylic acids is 1. The monoisotopic (exact) mass is 448 g/mol. The molecule has 1 aromatic carbocycles. The topological polar surface area (TPSA) is 122 Å². The van der Waals surface area contributed by atoms with Gasteiger partial charge in [-0.15, -0.1) is 23.2 Å². The second-order valence-electron chi connectivity index (χ2n) is 6.31. The van der Waals surface area contributed by atoms with Crippen LogP contribution < -0.4 is 10.6 Å². The van der Waals surface area contributed by atoms with Crippen LogP contribution in [0, 0.1) is 5.92 Å². The van der Waals surface area contributed by atoms with Crippen molar-refractivity contribution in [2.75, 3.05) is 18.3 Å².